The molecule has 0 amide bonds. The SMILES string of the molecule is CC.COC(=O)c1ccc(-c2cc(C(=O)OC)c(C)c3c2[nH]c2ccccc23)cc1. The first-order valence-corrected chi connectivity index (χ1v) is 9.86. The van der Waals surface area contributed by atoms with Crippen molar-refractivity contribution in [2.45, 2.75) is 20.8 Å². The third-order valence-electron chi connectivity index (χ3n) is 5.07. The average Bonchev–Trinajstić information content (AvgIpc) is 3.20. The molecule has 4 rings (SSSR count). The second kappa shape index (κ2) is 8.82. The normalized spacial score (nSPS) is 10.4. The number of aryl methyl sites for hydroxylation is 1. The molecule has 3 aromatic carbocycles. The third kappa shape index (κ3) is 3.54. The highest BCUT2D eigenvalue weighted by molar-refractivity contribution is 6.16. The van der Waals surface area contributed by atoms with Crippen molar-refractivity contribution in [2.24, 2.45) is 0 Å². The number of hydrogen-bond acceptors (Lipinski definition) is 4. The smallest absolute Gasteiger partial charge is 0.338 e. The highest BCUT2D eigenvalue weighted by Gasteiger charge is 2.19. The second-order valence-corrected chi connectivity index (χ2v) is 6.58. The molecule has 1 heterocycles. The van der Waals surface area contributed by atoms with E-state index >= 15 is 0 Å². The van der Waals surface area contributed by atoms with Crippen LogP contribution in [-0.4, -0.2) is 31.1 Å². The molecule has 4 aromatic rings. The number of H-pyrrole nitrogens is 1. The standard InChI is InChI=1S/C23H19NO4.C2H6/c1-13-17(23(26)28-3)12-18(14-8-10-15(11-9-14)22(25)27-2)21-20(13)16-6-4-5-7-19(16)24-21;1-2/h4-12,24H,1-3H3;1-2H3. The van der Waals surface area contributed by atoms with Gasteiger partial charge in [0.15, 0.2) is 0 Å². The van der Waals surface area contributed by atoms with E-state index in [-0.39, 0.29) is 11.9 Å². The molecule has 0 aliphatic carbocycles. The monoisotopic (exact) mass is 403 g/mol. The number of aromatic nitrogens is 1. The van der Waals surface area contributed by atoms with Crippen LogP contribution in [0.25, 0.3) is 32.9 Å². The Bertz CT molecular complexity index is 1220. The molecule has 154 valence electrons. The summed E-state index contributed by atoms with van der Waals surface area (Å²) in [7, 11) is 2.74. The summed E-state index contributed by atoms with van der Waals surface area (Å²) in [5, 5.41) is 2.04. The van der Waals surface area contributed by atoms with Crippen LogP contribution >= 0.6 is 0 Å². The van der Waals surface area contributed by atoms with E-state index in [4.69, 9.17) is 9.47 Å². The van der Waals surface area contributed by atoms with Crippen LogP contribution < -0.4 is 0 Å². The lowest BCUT2D eigenvalue weighted by atomic mass is 9.94. The summed E-state index contributed by atoms with van der Waals surface area (Å²) in [5.74, 6) is -0.765. The molecule has 5 nitrogen and oxygen atoms in total. The fourth-order valence-electron chi connectivity index (χ4n) is 3.65. The maximum atomic E-state index is 12.4. The molecule has 0 aliphatic heterocycles. The zero-order chi connectivity index (χ0) is 21.8. The summed E-state index contributed by atoms with van der Waals surface area (Å²) in [6.45, 7) is 5.93. The number of nitrogens with one attached hydrogen (secondary N) is 1. The molecular weight excluding hydrogens is 378 g/mol. The summed E-state index contributed by atoms with van der Waals surface area (Å²) < 4.78 is 9.77. The van der Waals surface area contributed by atoms with Crippen LogP contribution in [0.15, 0.2) is 54.6 Å². The van der Waals surface area contributed by atoms with Gasteiger partial charge in [0.25, 0.3) is 0 Å². The summed E-state index contributed by atoms with van der Waals surface area (Å²) in [6.07, 6.45) is 0. The van der Waals surface area contributed by atoms with Gasteiger partial charge >= 0.3 is 11.9 Å². The number of benzene rings is 3. The van der Waals surface area contributed by atoms with Crippen LogP contribution in [-0.2, 0) is 9.47 Å². The largest absolute Gasteiger partial charge is 0.465 e. The Kier molecular flexibility index (Phi) is 6.21. The van der Waals surface area contributed by atoms with Crippen LogP contribution in [0.2, 0.25) is 0 Å². The molecule has 1 aromatic heterocycles. The molecule has 0 saturated carbocycles. The Balaban J connectivity index is 0.00000124. The van der Waals surface area contributed by atoms with Crippen molar-refractivity contribution >= 4 is 33.7 Å². The Morgan fingerprint density at radius 3 is 2.13 bits per heavy atom. The van der Waals surface area contributed by atoms with E-state index in [1.165, 1.54) is 14.2 Å². The van der Waals surface area contributed by atoms with E-state index in [1.807, 2.05) is 63.2 Å². The molecular formula is C25H25NO4. The van der Waals surface area contributed by atoms with Crippen molar-refractivity contribution in [1.82, 2.24) is 4.98 Å². The van der Waals surface area contributed by atoms with E-state index in [0.29, 0.717) is 11.1 Å². The lowest BCUT2D eigenvalue weighted by molar-refractivity contribution is 0.0591. The quantitative estimate of drug-likeness (QED) is 0.433. The molecule has 0 bridgehead atoms. The molecule has 1 N–H and O–H groups in total. The fraction of sp³-hybridized carbons (Fsp3) is 0.200. The van der Waals surface area contributed by atoms with Crippen LogP contribution in [0, 0.1) is 6.92 Å². The minimum atomic E-state index is -0.388. The van der Waals surface area contributed by atoms with Gasteiger partial charge < -0.3 is 14.5 Å². The number of fused-ring (bicyclic) bond motifs is 3. The van der Waals surface area contributed by atoms with E-state index in [1.54, 1.807) is 12.1 Å². The maximum absolute atomic E-state index is 12.4. The van der Waals surface area contributed by atoms with Gasteiger partial charge in [-0.3, -0.25) is 0 Å². The molecule has 0 aliphatic rings. The lowest BCUT2D eigenvalue weighted by Crippen LogP contribution is -2.05. The van der Waals surface area contributed by atoms with Crippen LogP contribution in [0.5, 0.6) is 0 Å². The Morgan fingerprint density at radius 2 is 1.50 bits per heavy atom. The van der Waals surface area contributed by atoms with Gasteiger partial charge in [0, 0.05) is 21.9 Å². The first kappa shape index (κ1) is 21.1. The average molecular weight is 403 g/mol. The van der Waals surface area contributed by atoms with Gasteiger partial charge in [0.1, 0.15) is 0 Å². The zero-order valence-electron chi connectivity index (χ0n) is 17.8. The maximum Gasteiger partial charge on any atom is 0.338 e. The van der Waals surface area contributed by atoms with Gasteiger partial charge in [-0.15, -0.1) is 0 Å². The zero-order valence-corrected chi connectivity index (χ0v) is 17.8. The molecule has 30 heavy (non-hydrogen) atoms. The van der Waals surface area contributed by atoms with E-state index in [2.05, 4.69) is 4.98 Å². The lowest BCUT2D eigenvalue weighted by Gasteiger charge is -2.11. The Labute approximate surface area is 175 Å². The number of methoxy groups -OCH3 is 2. The summed E-state index contributed by atoms with van der Waals surface area (Å²) >= 11 is 0. The molecule has 0 atom stereocenters. The van der Waals surface area contributed by atoms with Crippen LogP contribution in [0.4, 0.5) is 0 Å². The Morgan fingerprint density at radius 1 is 0.867 bits per heavy atom. The predicted octanol–water partition coefficient (Wildman–Crippen LogP) is 5.90. The number of rotatable bonds is 3. The minimum Gasteiger partial charge on any atom is -0.465 e. The summed E-state index contributed by atoms with van der Waals surface area (Å²) in [5.41, 5.74) is 5.55. The molecule has 0 saturated heterocycles. The molecule has 0 fully saturated rings. The van der Waals surface area contributed by atoms with Gasteiger partial charge in [-0.25, -0.2) is 9.59 Å². The minimum absolute atomic E-state index is 0.378. The van der Waals surface area contributed by atoms with Crippen molar-refractivity contribution < 1.29 is 19.1 Å². The molecule has 5 heteroatoms. The number of hydrogen-bond donors (Lipinski definition) is 1. The Hall–Kier alpha value is -3.60. The van der Waals surface area contributed by atoms with Gasteiger partial charge in [0.2, 0.25) is 0 Å². The molecule has 0 unspecified atom stereocenters. The first-order chi connectivity index (χ1) is 14.5. The van der Waals surface area contributed by atoms with Crippen molar-refractivity contribution in [3.63, 3.8) is 0 Å². The topological polar surface area (TPSA) is 68.4 Å². The summed E-state index contributed by atoms with van der Waals surface area (Å²) in [4.78, 5) is 27.6. The van der Waals surface area contributed by atoms with Crippen LogP contribution in [0.3, 0.4) is 0 Å². The molecule has 0 radical (unpaired) electrons. The van der Waals surface area contributed by atoms with Gasteiger partial charge in [0.05, 0.1) is 30.9 Å². The van der Waals surface area contributed by atoms with Crippen molar-refractivity contribution in [1.29, 1.82) is 0 Å². The fourth-order valence-corrected chi connectivity index (χ4v) is 3.65. The van der Waals surface area contributed by atoms with Crippen LogP contribution in [0.1, 0.15) is 40.1 Å². The number of ether oxygens (including phenoxy) is 2. The highest BCUT2D eigenvalue weighted by Crippen LogP contribution is 2.37. The second-order valence-electron chi connectivity index (χ2n) is 6.58. The number of carbonyl (C=O) groups is 2. The van der Waals surface area contributed by atoms with E-state index < -0.39 is 0 Å². The highest BCUT2D eigenvalue weighted by atomic mass is 16.5. The first-order valence-electron chi connectivity index (χ1n) is 9.86. The molecule has 0 spiro atoms. The van der Waals surface area contributed by atoms with Gasteiger partial charge in [-0.1, -0.05) is 44.2 Å². The number of aromatic amines is 1. The number of esters is 2. The van der Waals surface area contributed by atoms with E-state index in [0.717, 1.165) is 38.5 Å². The van der Waals surface area contributed by atoms with Crippen molar-refractivity contribution in [3.8, 4) is 11.1 Å². The van der Waals surface area contributed by atoms with Crippen molar-refractivity contribution in [2.75, 3.05) is 14.2 Å². The van der Waals surface area contributed by atoms with E-state index in [9.17, 15) is 9.59 Å². The third-order valence-corrected chi connectivity index (χ3v) is 5.07. The number of para-hydroxylation sites is 1. The summed E-state index contributed by atoms with van der Waals surface area (Å²) in [6, 6.07) is 17.0. The predicted molar refractivity (Wildman–Crippen MR) is 120 cm³/mol. The van der Waals surface area contributed by atoms with Gasteiger partial charge in [-0.05, 0) is 42.3 Å². The van der Waals surface area contributed by atoms with Crippen molar-refractivity contribution in [3.05, 3.63) is 71.3 Å². The van der Waals surface area contributed by atoms with Gasteiger partial charge in [-0.2, -0.15) is 0 Å². The number of carbonyl (C=O) groups excluding carboxylic acids is 2.